The van der Waals surface area contributed by atoms with Crippen molar-refractivity contribution in [3.05, 3.63) is 24.0 Å². The van der Waals surface area contributed by atoms with Crippen molar-refractivity contribution in [3.8, 4) is 0 Å². The summed E-state index contributed by atoms with van der Waals surface area (Å²) < 4.78 is 20.0. The topological polar surface area (TPSA) is 82.1 Å². The summed E-state index contributed by atoms with van der Waals surface area (Å²) in [5.74, 6) is -0.230. The van der Waals surface area contributed by atoms with Gasteiger partial charge in [0.15, 0.2) is 0 Å². The standard InChI is InChI=1S/C24H34FN3O4/c1-16(2)32-23(31)26-17-4-9-21(20(25)14-17)27-12-3-10-24(15-27)11-13-28(22(24)30)18-5-7-19(29)8-6-18/h4,9,14,16,18-19,29H,3,5-8,10-13,15H2,1-2H3,(H,26,31). The predicted molar refractivity (Wildman–Crippen MR) is 120 cm³/mol. The van der Waals surface area contributed by atoms with Crippen molar-refractivity contribution < 1.29 is 23.8 Å². The van der Waals surface area contributed by atoms with Crippen LogP contribution in [0.1, 0.15) is 58.8 Å². The minimum atomic E-state index is -0.615. The van der Waals surface area contributed by atoms with E-state index in [1.54, 1.807) is 26.0 Å². The minimum Gasteiger partial charge on any atom is -0.447 e. The highest BCUT2D eigenvalue weighted by Crippen LogP contribution is 2.43. The number of amides is 2. The van der Waals surface area contributed by atoms with Crippen LogP contribution in [-0.2, 0) is 9.53 Å². The van der Waals surface area contributed by atoms with E-state index in [1.807, 2.05) is 9.80 Å². The monoisotopic (exact) mass is 447 g/mol. The molecular weight excluding hydrogens is 413 g/mol. The molecule has 176 valence electrons. The van der Waals surface area contributed by atoms with Gasteiger partial charge in [0.1, 0.15) is 5.82 Å². The zero-order valence-electron chi connectivity index (χ0n) is 19.0. The summed E-state index contributed by atoms with van der Waals surface area (Å²) in [5.41, 5.74) is 0.337. The second-order valence-electron chi connectivity index (χ2n) is 9.76. The summed E-state index contributed by atoms with van der Waals surface area (Å²) in [4.78, 5) is 29.3. The summed E-state index contributed by atoms with van der Waals surface area (Å²) in [5, 5.41) is 12.3. The van der Waals surface area contributed by atoms with Gasteiger partial charge < -0.3 is 19.6 Å². The van der Waals surface area contributed by atoms with Crippen LogP contribution in [0.4, 0.5) is 20.6 Å². The SMILES string of the molecule is CC(C)OC(=O)Nc1ccc(N2CCCC3(CCN(C4CCC(O)CC4)C3=O)C2)c(F)c1. The lowest BCUT2D eigenvalue weighted by molar-refractivity contribution is -0.139. The van der Waals surface area contributed by atoms with Crippen molar-refractivity contribution >= 4 is 23.4 Å². The summed E-state index contributed by atoms with van der Waals surface area (Å²) >= 11 is 0. The van der Waals surface area contributed by atoms with E-state index in [0.29, 0.717) is 24.5 Å². The molecule has 4 rings (SSSR count). The molecule has 0 bridgehead atoms. The molecule has 0 radical (unpaired) electrons. The van der Waals surface area contributed by atoms with Crippen LogP contribution in [0.15, 0.2) is 18.2 Å². The molecule has 2 aliphatic heterocycles. The Labute approximate surface area is 188 Å². The first kappa shape index (κ1) is 22.8. The lowest BCUT2D eigenvalue weighted by Crippen LogP contribution is -2.50. The smallest absolute Gasteiger partial charge is 0.411 e. The van der Waals surface area contributed by atoms with Gasteiger partial charge in [0, 0.05) is 31.4 Å². The fourth-order valence-corrected chi connectivity index (χ4v) is 5.48. The molecule has 2 heterocycles. The molecule has 3 fully saturated rings. The molecular formula is C24H34FN3O4. The molecule has 2 N–H and O–H groups in total. The van der Waals surface area contributed by atoms with E-state index in [1.165, 1.54) is 6.07 Å². The van der Waals surface area contributed by atoms with Gasteiger partial charge in [-0.2, -0.15) is 0 Å². The third-order valence-electron chi connectivity index (χ3n) is 7.11. The fourth-order valence-electron chi connectivity index (χ4n) is 5.48. The van der Waals surface area contributed by atoms with Gasteiger partial charge >= 0.3 is 6.09 Å². The van der Waals surface area contributed by atoms with Gasteiger partial charge in [0.25, 0.3) is 0 Å². The maximum absolute atomic E-state index is 15.0. The maximum Gasteiger partial charge on any atom is 0.411 e. The number of nitrogens with one attached hydrogen (secondary N) is 1. The van der Waals surface area contributed by atoms with E-state index in [0.717, 1.165) is 51.5 Å². The molecule has 3 aliphatic rings. The van der Waals surface area contributed by atoms with E-state index in [9.17, 15) is 19.1 Å². The van der Waals surface area contributed by atoms with Crippen LogP contribution < -0.4 is 10.2 Å². The summed E-state index contributed by atoms with van der Waals surface area (Å²) in [6.07, 6.45) is 4.57. The number of nitrogens with zero attached hydrogens (tertiary/aromatic N) is 2. The van der Waals surface area contributed by atoms with E-state index in [2.05, 4.69) is 5.32 Å². The molecule has 0 aromatic heterocycles. The molecule has 32 heavy (non-hydrogen) atoms. The van der Waals surface area contributed by atoms with Gasteiger partial charge in [0.2, 0.25) is 5.91 Å². The van der Waals surface area contributed by atoms with Gasteiger partial charge in [0.05, 0.1) is 23.3 Å². The molecule has 1 atom stereocenters. The van der Waals surface area contributed by atoms with Crippen molar-refractivity contribution in [1.29, 1.82) is 0 Å². The van der Waals surface area contributed by atoms with E-state index in [-0.39, 0.29) is 24.2 Å². The number of carbonyl (C=O) groups excluding carboxylic acids is 2. The number of benzene rings is 1. The first-order valence-corrected chi connectivity index (χ1v) is 11.8. The number of halogens is 1. The number of aliphatic hydroxyl groups excluding tert-OH is 1. The largest absolute Gasteiger partial charge is 0.447 e. The summed E-state index contributed by atoms with van der Waals surface area (Å²) in [7, 11) is 0. The molecule has 1 spiro atoms. The molecule has 8 heteroatoms. The molecule has 2 saturated heterocycles. The highest BCUT2D eigenvalue weighted by Gasteiger charge is 2.50. The Morgan fingerprint density at radius 2 is 1.97 bits per heavy atom. The van der Waals surface area contributed by atoms with Gasteiger partial charge in [-0.25, -0.2) is 9.18 Å². The van der Waals surface area contributed by atoms with Crippen molar-refractivity contribution in [1.82, 2.24) is 4.90 Å². The molecule has 1 unspecified atom stereocenters. The van der Waals surface area contributed by atoms with Crippen molar-refractivity contribution in [2.24, 2.45) is 5.41 Å². The minimum absolute atomic E-state index is 0.193. The van der Waals surface area contributed by atoms with Crippen LogP contribution in [0, 0.1) is 11.2 Å². The lowest BCUT2D eigenvalue weighted by Gasteiger charge is -2.41. The van der Waals surface area contributed by atoms with Crippen LogP contribution in [-0.4, -0.2) is 59.9 Å². The number of aliphatic hydroxyl groups is 1. The Morgan fingerprint density at radius 3 is 2.66 bits per heavy atom. The number of likely N-dealkylation sites (tertiary alicyclic amines) is 1. The number of piperidine rings is 1. The first-order chi connectivity index (χ1) is 15.3. The highest BCUT2D eigenvalue weighted by molar-refractivity contribution is 5.87. The van der Waals surface area contributed by atoms with Crippen molar-refractivity contribution in [2.45, 2.75) is 77.0 Å². The summed E-state index contributed by atoms with van der Waals surface area (Å²) in [6, 6.07) is 4.85. The number of ether oxygens (including phenoxy) is 1. The lowest BCUT2D eigenvalue weighted by atomic mass is 9.78. The van der Waals surface area contributed by atoms with Crippen LogP contribution in [0.3, 0.4) is 0 Å². The Hall–Kier alpha value is -2.35. The number of hydrogen-bond donors (Lipinski definition) is 2. The first-order valence-electron chi connectivity index (χ1n) is 11.8. The van der Waals surface area contributed by atoms with Gasteiger partial charge in [-0.3, -0.25) is 10.1 Å². The highest BCUT2D eigenvalue weighted by atomic mass is 19.1. The van der Waals surface area contributed by atoms with E-state index < -0.39 is 17.3 Å². The van der Waals surface area contributed by atoms with Crippen molar-refractivity contribution in [2.75, 3.05) is 29.9 Å². The quantitative estimate of drug-likeness (QED) is 0.732. The fraction of sp³-hybridized carbons (Fsp3) is 0.667. The van der Waals surface area contributed by atoms with Crippen LogP contribution in [0.25, 0.3) is 0 Å². The van der Waals surface area contributed by atoms with Crippen LogP contribution >= 0.6 is 0 Å². The Morgan fingerprint density at radius 1 is 1.22 bits per heavy atom. The normalized spacial score (nSPS) is 28.5. The third-order valence-corrected chi connectivity index (χ3v) is 7.11. The van der Waals surface area contributed by atoms with Crippen LogP contribution in [0.2, 0.25) is 0 Å². The average molecular weight is 448 g/mol. The number of anilines is 2. The molecule has 1 saturated carbocycles. The molecule has 1 aromatic rings. The Bertz CT molecular complexity index is 856. The molecule has 7 nitrogen and oxygen atoms in total. The van der Waals surface area contributed by atoms with Crippen LogP contribution in [0.5, 0.6) is 0 Å². The second-order valence-corrected chi connectivity index (χ2v) is 9.76. The Balaban J connectivity index is 1.44. The van der Waals surface area contributed by atoms with E-state index >= 15 is 0 Å². The van der Waals surface area contributed by atoms with Gasteiger partial charge in [-0.1, -0.05) is 0 Å². The second kappa shape index (κ2) is 9.25. The molecule has 1 aliphatic carbocycles. The van der Waals surface area contributed by atoms with E-state index in [4.69, 9.17) is 4.74 Å². The van der Waals surface area contributed by atoms with Gasteiger partial charge in [-0.05, 0) is 77.0 Å². The summed E-state index contributed by atoms with van der Waals surface area (Å²) in [6.45, 7) is 5.45. The van der Waals surface area contributed by atoms with Crippen molar-refractivity contribution in [3.63, 3.8) is 0 Å². The third kappa shape index (κ3) is 4.70. The zero-order valence-corrected chi connectivity index (χ0v) is 19.0. The average Bonchev–Trinajstić information content (AvgIpc) is 3.03. The Kier molecular flexibility index (Phi) is 6.60. The zero-order chi connectivity index (χ0) is 22.9. The maximum atomic E-state index is 15.0. The number of hydrogen-bond acceptors (Lipinski definition) is 5. The predicted octanol–water partition coefficient (Wildman–Crippen LogP) is 3.91. The molecule has 2 amide bonds. The molecule has 1 aromatic carbocycles. The number of carbonyl (C=O) groups is 2. The van der Waals surface area contributed by atoms with Gasteiger partial charge in [-0.15, -0.1) is 0 Å². The number of rotatable bonds is 4.